The molecular weight excluding hydrogens is 783 g/mol. The molecule has 0 amide bonds. The van der Waals surface area contributed by atoms with Crippen molar-refractivity contribution in [1.82, 2.24) is 0 Å². The van der Waals surface area contributed by atoms with Crippen LogP contribution in [-0.4, -0.2) is 0 Å². The number of anilines is 3. The van der Waals surface area contributed by atoms with Gasteiger partial charge in [-0.15, -0.1) is 0 Å². The molecule has 65 heavy (non-hydrogen) atoms. The molecule has 0 saturated carbocycles. The van der Waals surface area contributed by atoms with E-state index in [2.05, 4.69) is 266 Å². The van der Waals surface area contributed by atoms with E-state index in [0.29, 0.717) is 0 Å². The molecule has 0 N–H and O–H groups in total. The molecule has 1 nitrogen and oxygen atoms in total. The molecule has 0 heterocycles. The van der Waals surface area contributed by atoms with Gasteiger partial charge < -0.3 is 4.90 Å². The van der Waals surface area contributed by atoms with Crippen LogP contribution in [0.5, 0.6) is 0 Å². The summed E-state index contributed by atoms with van der Waals surface area (Å²) in [4.78, 5) is 2.51. The summed E-state index contributed by atoms with van der Waals surface area (Å²) in [6.07, 6.45) is 0. The number of hydrogen-bond donors (Lipinski definition) is 0. The monoisotopic (exact) mass is 825 g/mol. The van der Waals surface area contributed by atoms with Gasteiger partial charge in [-0.3, -0.25) is 0 Å². The molecule has 11 aromatic carbocycles. The topological polar surface area (TPSA) is 3.24 Å². The van der Waals surface area contributed by atoms with Crippen LogP contribution >= 0.6 is 0 Å². The van der Waals surface area contributed by atoms with Crippen LogP contribution in [0.25, 0.3) is 43.8 Å². The quantitative estimate of drug-likeness (QED) is 0.145. The van der Waals surface area contributed by atoms with E-state index in [9.17, 15) is 0 Å². The first kappa shape index (κ1) is 37.3. The summed E-state index contributed by atoms with van der Waals surface area (Å²) in [6.45, 7) is 0. The van der Waals surface area contributed by atoms with Crippen LogP contribution in [0, 0.1) is 0 Å². The van der Waals surface area contributed by atoms with Crippen molar-refractivity contribution in [3.63, 3.8) is 0 Å². The van der Waals surface area contributed by atoms with E-state index in [0.717, 1.165) is 17.1 Å². The van der Waals surface area contributed by atoms with Crippen molar-refractivity contribution in [2.45, 2.75) is 10.8 Å². The van der Waals surface area contributed by atoms with Crippen molar-refractivity contribution in [3.05, 3.63) is 305 Å². The fraction of sp³-hybridized carbons (Fsp3) is 0.0312. The highest BCUT2D eigenvalue weighted by Crippen LogP contribution is 2.60. The minimum atomic E-state index is -0.520. The van der Waals surface area contributed by atoms with Gasteiger partial charge in [-0.1, -0.05) is 231 Å². The lowest BCUT2D eigenvalue weighted by molar-refractivity contribution is 0.768. The maximum absolute atomic E-state index is 2.51. The molecule has 0 atom stereocenters. The Morgan fingerprint density at radius 3 is 1.31 bits per heavy atom. The van der Waals surface area contributed by atoms with E-state index in [-0.39, 0.29) is 0 Å². The summed E-state index contributed by atoms with van der Waals surface area (Å²) in [5.41, 5.74) is 17.6. The zero-order valence-corrected chi connectivity index (χ0v) is 35.8. The molecule has 0 fully saturated rings. The van der Waals surface area contributed by atoms with Crippen molar-refractivity contribution in [1.29, 1.82) is 0 Å². The van der Waals surface area contributed by atoms with Crippen molar-refractivity contribution >= 4 is 38.6 Å². The second kappa shape index (κ2) is 14.7. The van der Waals surface area contributed by atoms with Crippen LogP contribution in [0.3, 0.4) is 0 Å². The molecular formula is C64H43N. The summed E-state index contributed by atoms with van der Waals surface area (Å²) in [7, 11) is 0. The normalized spacial score (nSPS) is 13.8. The van der Waals surface area contributed by atoms with Crippen LogP contribution in [0.2, 0.25) is 0 Å². The molecule has 0 radical (unpaired) electrons. The van der Waals surface area contributed by atoms with Gasteiger partial charge in [0.25, 0.3) is 0 Å². The fourth-order valence-corrected chi connectivity index (χ4v) is 11.8. The van der Waals surface area contributed by atoms with Gasteiger partial charge in [0.1, 0.15) is 0 Å². The fourth-order valence-electron chi connectivity index (χ4n) is 11.8. The second-order valence-corrected chi connectivity index (χ2v) is 17.5. The molecule has 0 saturated heterocycles. The maximum Gasteiger partial charge on any atom is 0.0714 e. The first-order valence-corrected chi connectivity index (χ1v) is 22.7. The minimum Gasteiger partial charge on any atom is -0.310 e. The highest BCUT2D eigenvalue weighted by atomic mass is 15.1. The zero-order chi connectivity index (χ0) is 43.0. The van der Waals surface area contributed by atoms with E-state index < -0.39 is 10.8 Å². The third kappa shape index (κ3) is 5.33. The van der Waals surface area contributed by atoms with Gasteiger partial charge in [0.15, 0.2) is 0 Å². The highest BCUT2D eigenvalue weighted by molar-refractivity contribution is 6.09. The van der Waals surface area contributed by atoms with E-state index in [1.54, 1.807) is 0 Å². The lowest BCUT2D eigenvalue weighted by Gasteiger charge is -2.35. The third-order valence-corrected chi connectivity index (χ3v) is 14.4. The Bertz CT molecular complexity index is 3510. The number of hydrogen-bond acceptors (Lipinski definition) is 1. The van der Waals surface area contributed by atoms with Gasteiger partial charge in [0, 0.05) is 16.9 Å². The SMILES string of the molecule is c1ccc(C2(c3ccc(N(c4ccc5c(ccc6ccccc65)c4)c4cccc5c4-c4ccccc4C5(c4ccccc4)c4ccccc4)cc3)c3ccccc3-c3ccccc32)cc1. The summed E-state index contributed by atoms with van der Waals surface area (Å²) < 4.78 is 0. The minimum absolute atomic E-state index is 0.486. The Kier molecular flexibility index (Phi) is 8.41. The van der Waals surface area contributed by atoms with Crippen LogP contribution < -0.4 is 4.90 Å². The second-order valence-electron chi connectivity index (χ2n) is 17.5. The summed E-state index contributed by atoms with van der Waals surface area (Å²) in [5, 5.41) is 4.97. The van der Waals surface area contributed by atoms with Gasteiger partial charge in [-0.25, -0.2) is 0 Å². The van der Waals surface area contributed by atoms with Gasteiger partial charge in [-0.05, 0) is 113 Å². The van der Waals surface area contributed by atoms with Crippen LogP contribution in [-0.2, 0) is 10.8 Å². The number of benzene rings is 11. The molecule has 0 spiro atoms. The Balaban J connectivity index is 1.08. The number of nitrogens with zero attached hydrogens (tertiary/aromatic N) is 1. The van der Waals surface area contributed by atoms with Crippen molar-refractivity contribution in [2.75, 3.05) is 4.90 Å². The lowest BCUT2D eigenvalue weighted by atomic mass is 9.67. The van der Waals surface area contributed by atoms with Gasteiger partial charge in [0.05, 0.1) is 16.5 Å². The van der Waals surface area contributed by atoms with E-state index in [1.807, 2.05) is 0 Å². The maximum atomic E-state index is 2.51. The highest BCUT2D eigenvalue weighted by Gasteiger charge is 2.48. The van der Waals surface area contributed by atoms with Crippen LogP contribution in [0.1, 0.15) is 44.5 Å². The zero-order valence-electron chi connectivity index (χ0n) is 35.8. The smallest absolute Gasteiger partial charge is 0.0714 e. The molecule has 0 bridgehead atoms. The van der Waals surface area contributed by atoms with Crippen molar-refractivity contribution in [3.8, 4) is 22.3 Å². The molecule has 13 rings (SSSR count). The van der Waals surface area contributed by atoms with E-state index in [1.165, 1.54) is 88.3 Å². The van der Waals surface area contributed by atoms with Crippen molar-refractivity contribution < 1.29 is 0 Å². The van der Waals surface area contributed by atoms with Gasteiger partial charge >= 0.3 is 0 Å². The summed E-state index contributed by atoms with van der Waals surface area (Å²) >= 11 is 0. The molecule has 1 heteroatoms. The van der Waals surface area contributed by atoms with E-state index >= 15 is 0 Å². The van der Waals surface area contributed by atoms with Crippen LogP contribution in [0.4, 0.5) is 17.1 Å². The lowest BCUT2D eigenvalue weighted by Crippen LogP contribution is -2.28. The molecule has 2 aliphatic carbocycles. The largest absolute Gasteiger partial charge is 0.310 e. The van der Waals surface area contributed by atoms with E-state index in [4.69, 9.17) is 0 Å². The predicted molar refractivity (Wildman–Crippen MR) is 271 cm³/mol. The molecule has 2 aliphatic rings. The van der Waals surface area contributed by atoms with Gasteiger partial charge in [0.2, 0.25) is 0 Å². The standard InChI is InChI=1S/C64H43N/c1-4-20-46(21-5-1)63(57-30-15-12-27-54(57)55-28-13-16-31-58(55)63)49-37-39-50(40-38-49)65(51-41-42-53-45(43-51)36-35-44-19-10-11-26-52(44)53)61-34-18-33-60-62(61)56-29-14-17-32-59(56)64(60,47-22-6-2-7-23-47)48-24-8-3-9-25-48/h1-43H. The summed E-state index contributed by atoms with van der Waals surface area (Å²) in [5.74, 6) is 0. The summed E-state index contributed by atoms with van der Waals surface area (Å²) in [6, 6.07) is 97.0. The molecule has 0 aliphatic heterocycles. The molecule has 304 valence electrons. The molecule has 11 aromatic rings. The molecule has 0 unspecified atom stereocenters. The first-order chi connectivity index (χ1) is 32.3. The van der Waals surface area contributed by atoms with Crippen molar-refractivity contribution in [2.24, 2.45) is 0 Å². The predicted octanol–water partition coefficient (Wildman–Crippen LogP) is 16.2. The number of rotatable bonds is 7. The number of fused-ring (bicyclic) bond motifs is 9. The first-order valence-electron chi connectivity index (χ1n) is 22.7. The Hall–Kier alpha value is -8.26. The average molecular weight is 826 g/mol. The Morgan fingerprint density at radius 1 is 0.262 bits per heavy atom. The van der Waals surface area contributed by atoms with Crippen LogP contribution in [0.15, 0.2) is 261 Å². The molecule has 0 aromatic heterocycles. The average Bonchev–Trinajstić information content (AvgIpc) is 3.86. The third-order valence-electron chi connectivity index (χ3n) is 14.4. The van der Waals surface area contributed by atoms with Gasteiger partial charge in [-0.2, -0.15) is 0 Å². The Labute approximate surface area is 380 Å². The Morgan fingerprint density at radius 2 is 0.692 bits per heavy atom.